The topological polar surface area (TPSA) is 57.2 Å². The van der Waals surface area contributed by atoms with Crippen molar-refractivity contribution in [1.29, 1.82) is 0 Å². The molecular weight excluding hydrogens is 401 g/mol. The van der Waals surface area contributed by atoms with Crippen LogP contribution in [0.1, 0.15) is 36.2 Å². The van der Waals surface area contributed by atoms with Crippen LogP contribution in [0.2, 0.25) is 0 Å². The number of likely N-dealkylation sites (tertiary alicyclic amines) is 1. The zero-order chi connectivity index (χ0) is 22.1. The van der Waals surface area contributed by atoms with Gasteiger partial charge in [0.05, 0.1) is 13.7 Å². The number of halogens is 1. The Kier molecular flexibility index (Phi) is 5.90. The molecule has 2 aliphatic rings. The van der Waals surface area contributed by atoms with Gasteiger partial charge < -0.3 is 23.8 Å². The van der Waals surface area contributed by atoms with Crippen molar-refractivity contribution in [2.45, 2.75) is 37.6 Å². The van der Waals surface area contributed by atoms with Crippen LogP contribution in [0, 0.1) is 0 Å². The SMILES string of the molecule is COc1cc(C(=O)N2CC[C@@]3(c4ccccc4)OCO[C@H]3C2)ccc1OCC(C)(C)F. The van der Waals surface area contributed by atoms with Crippen molar-refractivity contribution < 1.29 is 28.1 Å². The maximum atomic E-state index is 13.8. The summed E-state index contributed by atoms with van der Waals surface area (Å²) >= 11 is 0. The van der Waals surface area contributed by atoms with Gasteiger partial charge in [-0.15, -0.1) is 0 Å². The van der Waals surface area contributed by atoms with Crippen molar-refractivity contribution >= 4 is 5.91 Å². The highest BCUT2D eigenvalue weighted by molar-refractivity contribution is 5.95. The number of nitrogens with zero attached hydrogens (tertiary/aromatic N) is 1. The van der Waals surface area contributed by atoms with Gasteiger partial charge >= 0.3 is 0 Å². The van der Waals surface area contributed by atoms with Crippen molar-refractivity contribution in [2.75, 3.05) is 33.6 Å². The van der Waals surface area contributed by atoms with Crippen LogP contribution in [-0.2, 0) is 15.1 Å². The molecule has 2 aromatic carbocycles. The lowest BCUT2D eigenvalue weighted by Gasteiger charge is -2.42. The van der Waals surface area contributed by atoms with E-state index in [4.69, 9.17) is 18.9 Å². The molecule has 0 radical (unpaired) electrons. The lowest BCUT2D eigenvalue weighted by molar-refractivity contribution is -0.0439. The summed E-state index contributed by atoms with van der Waals surface area (Å²) < 4.78 is 36.6. The first-order chi connectivity index (χ1) is 14.8. The van der Waals surface area contributed by atoms with E-state index in [1.807, 2.05) is 30.3 Å². The van der Waals surface area contributed by atoms with E-state index >= 15 is 0 Å². The smallest absolute Gasteiger partial charge is 0.254 e. The molecule has 0 saturated carbocycles. The van der Waals surface area contributed by atoms with E-state index in [2.05, 4.69) is 0 Å². The lowest BCUT2D eigenvalue weighted by atomic mass is 9.82. The largest absolute Gasteiger partial charge is 0.493 e. The summed E-state index contributed by atoms with van der Waals surface area (Å²) in [6.07, 6.45) is 0.418. The van der Waals surface area contributed by atoms with Crippen LogP contribution in [0.25, 0.3) is 0 Å². The highest BCUT2D eigenvalue weighted by Crippen LogP contribution is 2.42. The van der Waals surface area contributed by atoms with Crippen molar-refractivity contribution in [3.63, 3.8) is 0 Å². The summed E-state index contributed by atoms with van der Waals surface area (Å²) in [7, 11) is 1.50. The number of carbonyl (C=O) groups excluding carboxylic acids is 1. The van der Waals surface area contributed by atoms with Crippen molar-refractivity contribution in [3.05, 3.63) is 59.7 Å². The first kappa shape index (κ1) is 21.6. The monoisotopic (exact) mass is 429 g/mol. The van der Waals surface area contributed by atoms with Gasteiger partial charge in [0.1, 0.15) is 30.8 Å². The summed E-state index contributed by atoms with van der Waals surface area (Å²) in [6.45, 7) is 3.97. The second-order valence-electron chi connectivity index (χ2n) is 8.55. The maximum absolute atomic E-state index is 13.8. The molecule has 2 heterocycles. The van der Waals surface area contributed by atoms with Gasteiger partial charge in [-0.3, -0.25) is 4.79 Å². The number of hydrogen-bond donors (Lipinski definition) is 0. The van der Waals surface area contributed by atoms with Crippen LogP contribution in [0.4, 0.5) is 4.39 Å². The number of rotatable bonds is 6. The highest BCUT2D eigenvalue weighted by Gasteiger charge is 2.51. The fourth-order valence-electron chi connectivity index (χ4n) is 4.14. The summed E-state index contributed by atoms with van der Waals surface area (Å²) in [4.78, 5) is 15.0. The number of carbonyl (C=O) groups is 1. The Labute approximate surface area is 181 Å². The summed E-state index contributed by atoms with van der Waals surface area (Å²) in [5.41, 5.74) is -0.437. The molecule has 0 spiro atoms. The Hall–Kier alpha value is -2.64. The quantitative estimate of drug-likeness (QED) is 0.696. The van der Waals surface area contributed by atoms with Crippen LogP contribution in [-0.4, -0.2) is 56.2 Å². The molecular formula is C24H28FNO5. The highest BCUT2D eigenvalue weighted by atomic mass is 19.1. The lowest BCUT2D eigenvalue weighted by Crippen LogP contribution is -2.53. The number of methoxy groups -OCH3 is 1. The Bertz CT molecular complexity index is 929. The average molecular weight is 429 g/mol. The number of ether oxygens (including phenoxy) is 4. The Balaban J connectivity index is 1.49. The number of hydrogen-bond acceptors (Lipinski definition) is 5. The fourth-order valence-corrected chi connectivity index (χ4v) is 4.14. The molecule has 0 aromatic heterocycles. The van der Waals surface area contributed by atoms with Crippen LogP contribution >= 0.6 is 0 Å². The van der Waals surface area contributed by atoms with Gasteiger partial charge in [0.2, 0.25) is 0 Å². The summed E-state index contributed by atoms with van der Waals surface area (Å²) in [5, 5.41) is 0. The third kappa shape index (κ3) is 4.38. The molecule has 31 heavy (non-hydrogen) atoms. The van der Waals surface area contributed by atoms with Gasteiger partial charge in [-0.05, 0) is 37.6 Å². The van der Waals surface area contributed by atoms with Gasteiger partial charge in [-0.2, -0.15) is 0 Å². The van der Waals surface area contributed by atoms with E-state index in [9.17, 15) is 9.18 Å². The third-order valence-corrected chi connectivity index (χ3v) is 5.78. The molecule has 0 unspecified atom stereocenters. The normalized spacial score (nSPS) is 23.4. The zero-order valence-corrected chi connectivity index (χ0v) is 18.1. The first-order valence-corrected chi connectivity index (χ1v) is 10.4. The van der Waals surface area contributed by atoms with E-state index in [0.29, 0.717) is 36.6 Å². The Morgan fingerprint density at radius 2 is 2.00 bits per heavy atom. The number of fused-ring (bicyclic) bond motifs is 1. The predicted molar refractivity (Wildman–Crippen MR) is 113 cm³/mol. The number of alkyl halides is 1. The molecule has 2 atom stereocenters. The molecule has 0 N–H and O–H groups in total. The molecule has 2 fully saturated rings. The number of benzene rings is 2. The molecule has 2 saturated heterocycles. The minimum atomic E-state index is -1.47. The van der Waals surface area contributed by atoms with Crippen LogP contribution in [0.3, 0.4) is 0 Å². The minimum absolute atomic E-state index is 0.108. The second kappa shape index (κ2) is 8.48. The molecule has 166 valence electrons. The maximum Gasteiger partial charge on any atom is 0.254 e. The van der Waals surface area contributed by atoms with Gasteiger partial charge in [0.15, 0.2) is 11.5 Å². The van der Waals surface area contributed by atoms with Gasteiger partial charge in [-0.1, -0.05) is 30.3 Å². The molecule has 2 aromatic rings. The summed E-state index contributed by atoms with van der Waals surface area (Å²) in [6, 6.07) is 15.0. The Morgan fingerprint density at radius 3 is 2.71 bits per heavy atom. The molecule has 2 aliphatic heterocycles. The van der Waals surface area contributed by atoms with Crippen molar-refractivity contribution in [3.8, 4) is 11.5 Å². The van der Waals surface area contributed by atoms with Crippen molar-refractivity contribution in [2.24, 2.45) is 0 Å². The van der Waals surface area contributed by atoms with Crippen LogP contribution < -0.4 is 9.47 Å². The average Bonchev–Trinajstić information content (AvgIpc) is 3.21. The first-order valence-electron chi connectivity index (χ1n) is 10.4. The molecule has 4 rings (SSSR count). The van der Waals surface area contributed by atoms with E-state index in [1.165, 1.54) is 21.0 Å². The van der Waals surface area contributed by atoms with Gasteiger partial charge in [0.25, 0.3) is 5.91 Å². The third-order valence-electron chi connectivity index (χ3n) is 5.78. The standard InChI is InChI=1S/C24H28FNO5/c1-23(2,25)15-29-19-10-9-17(13-20(19)28-3)22(27)26-12-11-24(18-7-5-4-6-8-18)21(14-26)30-16-31-24/h4-10,13,21H,11-12,14-16H2,1-3H3/t21-,24-/m0/s1. The zero-order valence-electron chi connectivity index (χ0n) is 18.1. The summed E-state index contributed by atoms with van der Waals surface area (Å²) in [5.74, 6) is 0.679. The van der Waals surface area contributed by atoms with Crippen LogP contribution in [0.5, 0.6) is 11.5 Å². The fraction of sp³-hybridized carbons (Fsp3) is 0.458. The van der Waals surface area contributed by atoms with Crippen molar-refractivity contribution in [1.82, 2.24) is 4.90 Å². The van der Waals surface area contributed by atoms with Crippen LogP contribution in [0.15, 0.2) is 48.5 Å². The van der Waals surface area contributed by atoms with E-state index in [-0.39, 0.29) is 25.4 Å². The number of amides is 1. The van der Waals surface area contributed by atoms with E-state index in [1.54, 1.807) is 23.1 Å². The van der Waals surface area contributed by atoms with E-state index in [0.717, 1.165) is 5.56 Å². The van der Waals surface area contributed by atoms with Gasteiger partial charge in [-0.25, -0.2) is 4.39 Å². The molecule has 0 aliphatic carbocycles. The predicted octanol–water partition coefficient (Wildman–Crippen LogP) is 3.94. The minimum Gasteiger partial charge on any atom is -0.493 e. The molecule has 1 amide bonds. The molecule has 0 bridgehead atoms. The Morgan fingerprint density at radius 1 is 1.23 bits per heavy atom. The van der Waals surface area contributed by atoms with E-state index < -0.39 is 11.3 Å². The second-order valence-corrected chi connectivity index (χ2v) is 8.55. The van der Waals surface area contributed by atoms with Gasteiger partial charge in [0, 0.05) is 18.5 Å². The number of piperidine rings is 1. The molecule has 6 nitrogen and oxygen atoms in total. The molecule has 7 heteroatoms.